The molecule has 0 aromatic carbocycles. The van der Waals surface area contributed by atoms with Crippen molar-refractivity contribution in [2.24, 2.45) is 7.05 Å². The zero-order valence-electron chi connectivity index (χ0n) is 10.3. The van der Waals surface area contributed by atoms with Gasteiger partial charge in [-0.3, -0.25) is 4.98 Å². The molecule has 0 saturated carbocycles. The minimum atomic E-state index is 0.801. The van der Waals surface area contributed by atoms with Crippen LogP contribution in [0.4, 0.5) is 0 Å². The predicted molar refractivity (Wildman–Crippen MR) is 67.4 cm³/mol. The van der Waals surface area contributed by atoms with Gasteiger partial charge in [0.1, 0.15) is 0 Å². The van der Waals surface area contributed by atoms with E-state index in [1.165, 1.54) is 11.3 Å². The summed E-state index contributed by atoms with van der Waals surface area (Å²) in [5, 5.41) is 3.40. The maximum Gasteiger partial charge on any atom is 0.0945 e. The van der Waals surface area contributed by atoms with Crippen molar-refractivity contribution in [3.63, 3.8) is 0 Å². The highest BCUT2D eigenvalue weighted by molar-refractivity contribution is 5.19. The van der Waals surface area contributed by atoms with Gasteiger partial charge in [-0.05, 0) is 18.1 Å². The molecule has 4 nitrogen and oxygen atoms in total. The van der Waals surface area contributed by atoms with E-state index in [0.717, 1.165) is 25.2 Å². The van der Waals surface area contributed by atoms with Crippen LogP contribution >= 0.6 is 0 Å². The molecule has 2 heterocycles. The van der Waals surface area contributed by atoms with Crippen LogP contribution in [-0.4, -0.2) is 14.5 Å². The molecule has 0 unspecified atom stereocenters. The molecule has 0 bridgehead atoms. The van der Waals surface area contributed by atoms with E-state index in [0.29, 0.717) is 0 Å². The summed E-state index contributed by atoms with van der Waals surface area (Å²) in [7, 11) is 2.00. The lowest BCUT2D eigenvalue weighted by atomic mass is 10.1. The van der Waals surface area contributed by atoms with Gasteiger partial charge in [0.05, 0.1) is 17.7 Å². The standard InChI is InChI=1S/C13H18N4/c1-3-11-5-4-6-16-13(11)9-14-7-12-8-15-10-17(12)2/h4-6,8,10,14H,3,7,9H2,1-2H3. The lowest BCUT2D eigenvalue weighted by molar-refractivity contribution is 0.641. The summed E-state index contributed by atoms with van der Waals surface area (Å²) in [6.07, 6.45) is 6.57. The van der Waals surface area contributed by atoms with E-state index >= 15 is 0 Å². The van der Waals surface area contributed by atoms with Gasteiger partial charge in [0.2, 0.25) is 0 Å². The molecule has 17 heavy (non-hydrogen) atoms. The molecule has 0 saturated heterocycles. The normalized spacial score (nSPS) is 10.7. The second-order valence-electron chi connectivity index (χ2n) is 4.06. The van der Waals surface area contributed by atoms with E-state index in [1.807, 2.05) is 36.4 Å². The van der Waals surface area contributed by atoms with Crippen LogP contribution in [0.3, 0.4) is 0 Å². The molecule has 0 atom stereocenters. The first-order valence-electron chi connectivity index (χ1n) is 5.90. The summed E-state index contributed by atoms with van der Waals surface area (Å²) in [6, 6.07) is 4.12. The van der Waals surface area contributed by atoms with Crippen molar-refractivity contribution in [2.45, 2.75) is 26.4 Å². The van der Waals surface area contributed by atoms with Crippen LogP contribution in [-0.2, 0) is 26.6 Å². The van der Waals surface area contributed by atoms with E-state index in [-0.39, 0.29) is 0 Å². The van der Waals surface area contributed by atoms with Gasteiger partial charge >= 0.3 is 0 Å². The van der Waals surface area contributed by atoms with Gasteiger partial charge in [-0.25, -0.2) is 4.98 Å². The Morgan fingerprint density at radius 3 is 2.94 bits per heavy atom. The number of imidazole rings is 1. The number of nitrogens with zero attached hydrogens (tertiary/aromatic N) is 3. The van der Waals surface area contributed by atoms with Gasteiger partial charge in [-0.1, -0.05) is 13.0 Å². The molecule has 2 aromatic rings. The molecule has 0 amide bonds. The number of aryl methyl sites for hydroxylation is 2. The maximum atomic E-state index is 4.41. The molecule has 2 rings (SSSR count). The van der Waals surface area contributed by atoms with E-state index < -0.39 is 0 Å². The Kier molecular flexibility index (Phi) is 3.88. The molecule has 0 aliphatic heterocycles. The van der Waals surface area contributed by atoms with E-state index in [9.17, 15) is 0 Å². The third-order valence-corrected chi connectivity index (χ3v) is 2.88. The quantitative estimate of drug-likeness (QED) is 0.849. The fraction of sp³-hybridized carbons (Fsp3) is 0.385. The molecule has 90 valence electrons. The topological polar surface area (TPSA) is 42.7 Å². The largest absolute Gasteiger partial charge is 0.337 e. The number of pyridine rings is 1. The zero-order valence-corrected chi connectivity index (χ0v) is 10.3. The van der Waals surface area contributed by atoms with Crippen LogP contribution in [0, 0.1) is 0 Å². The second kappa shape index (κ2) is 5.59. The maximum absolute atomic E-state index is 4.41. The number of aromatic nitrogens is 3. The minimum absolute atomic E-state index is 0.801. The third kappa shape index (κ3) is 2.91. The summed E-state index contributed by atoms with van der Waals surface area (Å²) in [5.74, 6) is 0. The first-order chi connectivity index (χ1) is 8.31. The molecule has 0 fully saturated rings. The molecule has 0 radical (unpaired) electrons. The Morgan fingerprint density at radius 1 is 1.35 bits per heavy atom. The van der Waals surface area contributed by atoms with Crippen molar-refractivity contribution in [1.82, 2.24) is 19.9 Å². The van der Waals surface area contributed by atoms with Crippen molar-refractivity contribution in [3.05, 3.63) is 47.8 Å². The smallest absolute Gasteiger partial charge is 0.0945 e. The van der Waals surface area contributed by atoms with Gasteiger partial charge in [0.25, 0.3) is 0 Å². The Bertz CT molecular complexity index is 476. The van der Waals surface area contributed by atoms with Crippen molar-refractivity contribution >= 4 is 0 Å². The van der Waals surface area contributed by atoms with Crippen molar-refractivity contribution in [2.75, 3.05) is 0 Å². The highest BCUT2D eigenvalue weighted by atomic mass is 15.0. The number of hydrogen-bond acceptors (Lipinski definition) is 3. The van der Waals surface area contributed by atoms with E-state index in [4.69, 9.17) is 0 Å². The summed E-state index contributed by atoms with van der Waals surface area (Å²) < 4.78 is 2.02. The van der Waals surface area contributed by atoms with Gasteiger partial charge in [0.15, 0.2) is 0 Å². The number of hydrogen-bond donors (Lipinski definition) is 1. The number of nitrogens with one attached hydrogen (secondary N) is 1. The van der Waals surface area contributed by atoms with Gasteiger partial charge in [-0.15, -0.1) is 0 Å². The van der Waals surface area contributed by atoms with Crippen LogP contribution in [0.1, 0.15) is 23.9 Å². The van der Waals surface area contributed by atoms with Crippen molar-refractivity contribution < 1.29 is 0 Å². The highest BCUT2D eigenvalue weighted by Crippen LogP contribution is 2.06. The predicted octanol–water partition coefficient (Wildman–Crippen LogP) is 1.67. The SMILES string of the molecule is CCc1cccnc1CNCc1cncn1C. The minimum Gasteiger partial charge on any atom is -0.337 e. The summed E-state index contributed by atoms with van der Waals surface area (Å²) in [4.78, 5) is 8.49. The second-order valence-corrected chi connectivity index (χ2v) is 4.06. The third-order valence-electron chi connectivity index (χ3n) is 2.88. The molecule has 0 aliphatic rings. The fourth-order valence-electron chi connectivity index (χ4n) is 1.82. The molecule has 0 aliphatic carbocycles. The highest BCUT2D eigenvalue weighted by Gasteiger charge is 2.02. The lowest BCUT2D eigenvalue weighted by Crippen LogP contribution is -2.16. The Labute approximate surface area is 102 Å². The first-order valence-corrected chi connectivity index (χ1v) is 5.90. The van der Waals surface area contributed by atoms with Crippen LogP contribution in [0.25, 0.3) is 0 Å². The lowest BCUT2D eigenvalue weighted by Gasteiger charge is -2.08. The van der Waals surface area contributed by atoms with Crippen LogP contribution in [0.15, 0.2) is 30.9 Å². The van der Waals surface area contributed by atoms with Gasteiger partial charge in [0, 0.05) is 32.5 Å². The van der Waals surface area contributed by atoms with E-state index in [2.05, 4.69) is 28.3 Å². The Morgan fingerprint density at radius 2 is 2.24 bits per heavy atom. The molecule has 4 heteroatoms. The Balaban J connectivity index is 1.92. The number of rotatable bonds is 5. The molecular weight excluding hydrogens is 212 g/mol. The van der Waals surface area contributed by atoms with Gasteiger partial charge < -0.3 is 9.88 Å². The average Bonchev–Trinajstić information content (AvgIpc) is 2.76. The summed E-state index contributed by atoms with van der Waals surface area (Å²) in [6.45, 7) is 3.77. The van der Waals surface area contributed by atoms with Crippen molar-refractivity contribution in [1.29, 1.82) is 0 Å². The molecule has 1 N–H and O–H groups in total. The first kappa shape index (κ1) is 11.8. The van der Waals surface area contributed by atoms with Crippen LogP contribution in [0.5, 0.6) is 0 Å². The fourth-order valence-corrected chi connectivity index (χ4v) is 1.82. The molecule has 0 spiro atoms. The van der Waals surface area contributed by atoms with E-state index in [1.54, 1.807) is 0 Å². The molecular formula is C13H18N4. The molecule has 2 aromatic heterocycles. The Hall–Kier alpha value is -1.68. The van der Waals surface area contributed by atoms with Crippen LogP contribution in [0.2, 0.25) is 0 Å². The monoisotopic (exact) mass is 230 g/mol. The van der Waals surface area contributed by atoms with Crippen LogP contribution < -0.4 is 5.32 Å². The summed E-state index contributed by atoms with van der Waals surface area (Å²) in [5.41, 5.74) is 3.63. The van der Waals surface area contributed by atoms with Gasteiger partial charge in [-0.2, -0.15) is 0 Å². The zero-order chi connectivity index (χ0) is 12.1. The van der Waals surface area contributed by atoms with Crippen molar-refractivity contribution in [3.8, 4) is 0 Å². The average molecular weight is 230 g/mol. The summed E-state index contributed by atoms with van der Waals surface area (Å²) >= 11 is 0.